The van der Waals surface area contributed by atoms with Crippen LogP contribution in [0.25, 0.3) is 22.8 Å². The lowest BCUT2D eigenvalue weighted by Crippen LogP contribution is -2.13. The maximum atomic E-state index is 13.4. The first-order chi connectivity index (χ1) is 18.5. The highest BCUT2D eigenvalue weighted by molar-refractivity contribution is 6.31. The predicted octanol–water partition coefficient (Wildman–Crippen LogP) is 7.60. The zero-order valence-corrected chi connectivity index (χ0v) is 20.6. The quantitative estimate of drug-likeness (QED) is 0.201. The first kappa shape index (κ1) is 26.5. The summed E-state index contributed by atoms with van der Waals surface area (Å²) in [4.78, 5) is 4.42. The van der Waals surface area contributed by atoms with Crippen LogP contribution in [-0.4, -0.2) is 24.5 Å². The lowest BCUT2D eigenvalue weighted by molar-refractivity contribution is -0.143. The minimum absolute atomic E-state index is 0.0971. The van der Waals surface area contributed by atoms with Gasteiger partial charge in [-0.3, -0.25) is 0 Å². The van der Waals surface area contributed by atoms with Crippen LogP contribution in [0.2, 0.25) is 5.02 Å². The summed E-state index contributed by atoms with van der Waals surface area (Å²) in [7, 11) is 0. The monoisotopic (exact) mass is 561 g/mol. The zero-order chi connectivity index (χ0) is 27.8. The molecule has 0 fully saturated rings. The highest BCUT2D eigenvalue weighted by atomic mass is 35.5. The van der Waals surface area contributed by atoms with Crippen molar-refractivity contribution >= 4 is 11.6 Å². The van der Waals surface area contributed by atoms with E-state index in [0.29, 0.717) is 46.5 Å². The third-order valence-electron chi connectivity index (χ3n) is 5.99. The van der Waals surface area contributed by atoms with Crippen LogP contribution in [0.5, 0.6) is 0 Å². The first-order valence-corrected chi connectivity index (χ1v) is 11.9. The summed E-state index contributed by atoms with van der Waals surface area (Å²) in [6, 6.07) is 17.5. The molecular formula is C27H18ClF6N5. The maximum Gasteiger partial charge on any atom is 0.416 e. The fourth-order valence-corrected chi connectivity index (χ4v) is 4.40. The average molecular weight is 562 g/mol. The Morgan fingerprint density at radius 2 is 1.41 bits per heavy atom. The van der Waals surface area contributed by atoms with Gasteiger partial charge in [-0.1, -0.05) is 65.3 Å². The Morgan fingerprint density at radius 1 is 0.769 bits per heavy atom. The number of imidazole rings is 1. The van der Waals surface area contributed by atoms with E-state index in [4.69, 9.17) is 11.6 Å². The summed E-state index contributed by atoms with van der Waals surface area (Å²) < 4.78 is 83.7. The Balaban J connectivity index is 1.61. The molecule has 5 rings (SSSR count). The predicted molar refractivity (Wildman–Crippen MR) is 133 cm³/mol. The van der Waals surface area contributed by atoms with Crippen LogP contribution in [0.1, 0.15) is 22.3 Å². The van der Waals surface area contributed by atoms with E-state index in [1.807, 2.05) is 12.1 Å². The van der Waals surface area contributed by atoms with Crippen molar-refractivity contribution in [2.24, 2.45) is 0 Å². The second-order valence-electron chi connectivity index (χ2n) is 8.69. The fourth-order valence-electron chi connectivity index (χ4n) is 4.20. The van der Waals surface area contributed by atoms with Crippen LogP contribution < -0.4 is 0 Å². The molecule has 0 radical (unpaired) electrons. The number of hydrogen-bond acceptors (Lipinski definition) is 3. The number of hydrogen-bond donors (Lipinski definition) is 0. The molecule has 0 spiro atoms. The SMILES string of the molecule is FC(F)(F)c1cc(Cn2nnc(-c3nccn3Cc3ccccc3Cl)c2-c2ccccc2)cc(C(F)(F)F)c1. The molecule has 2 heterocycles. The molecule has 0 saturated heterocycles. The van der Waals surface area contributed by atoms with E-state index < -0.39 is 30.0 Å². The van der Waals surface area contributed by atoms with E-state index in [9.17, 15) is 26.3 Å². The molecule has 39 heavy (non-hydrogen) atoms. The van der Waals surface area contributed by atoms with Crippen LogP contribution in [-0.2, 0) is 25.4 Å². The van der Waals surface area contributed by atoms with Crippen LogP contribution in [0.4, 0.5) is 26.3 Å². The summed E-state index contributed by atoms with van der Waals surface area (Å²) in [5.41, 5.74) is -0.920. The third-order valence-corrected chi connectivity index (χ3v) is 6.36. The van der Waals surface area contributed by atoms with Crippen molar-refractivity contribution in [3.05, 3.63) is 112 Å². The molecule has 3 aromatic carbocycles. The van der Waals surface area contributed by atoms with Gasteiger partial charge in [0.2, 0.25) is 0 Å². The molecule has 0 aliphatic carbocycles. The van der Waals surface area contributed by atoms with Gasteiger partial charge in [0.1, 0.15) is 5.69 Å². The standard InChI is InChI=1S/C27H18ClF6N5/c28-22-9-5-4-8-19(22)16-38-11-10-35-25(38)23-24(18-6-2-1-3-7-18)39(37-36-23)15-17-12-20(26(29,30)31)14-21(13-17)27(32,33)34/h1-14H,15-16H2. The molecule has 0 bridgehead atoms. The van der Waals surface area contributed by atoms with E-state index in [0.717, 1.165) is 5.56 Å². The molecule has 200 valence electrons. The fraction of sp³-hybridized carbons (Fsp3) is 0.148. The highest BCUT2D eigenvalue weighted by Crippen LogP contribution is 2.37. The molecule has 0 amide bonds. The Morgan fingerprint density at radius 3 is 2.05 bits per heavy atom. The second kappa shape index (κ2) is 10.2. The largest absolute Gasteiger partial charge is 0.416 e. The molecule has 5 nitrogen and oxygen atoms in total. The average Bonchev–Trinajstić information content (AvgIpc) is 3.51. The third kappa shape index (κ3) is 5.68. The number of halogens is 7. The Bertz CT molecular complexity index is 1570. The minimum Gasteiger partial charge on any atom is -0.325 e. The smallest absolute Gasteiger partial charge is 0.325 e. The molecule has 0 aliphatic rings. The van der Waals surface area contributed by atoms with Crippen LogP contribution >= 0.6 is 11.6 Å². The Labute approximate surface area is 223 Å². The van der Waals surface area contributed by atoms with E-state index in [1.54, 1.807) is 59.4 Å². The van der Waals surface area contributed by atoms with E-state index in [-0.39, 0.29) is 11.6 Å². The molecule has 0 aliphatic heterocycles. The summed E-state index contributed by atoms with van der Waals surface area (Å²) in [5.74, 6) is 0.403. The normalized spacial score (nSPS) is 12.2. The van der Waals surface area contributed by atoms with Gasteiger partial charge in [-0.15, -0.1) is 5.10 Å². The van der Waals surface area contributed by atoms with Gasteiger partial charge in [-0.05, 0) is 35.4 Å². The molecule has 2 aromatic heterocycles. The summed E-state index contributed by atoms with van der Waals surface area (Å²) in [6.07, 6.45) is -6.65. The summed E-state index contributed by atoms with van der Waals surface area (Å²) >= 11 is 6.32. The second-order valence-corrected chi connectivity index (χ2v) is 9.10. The van der Waals surface area contributed by atoms with E-state index in [2.05, 4.69) is 15.3 Å². The number of alkyl halides is 6. The van der Waals surface area contributed by atoms with Crippen LogP contribution in [0.3, 0.4) is 0 Å². The van der Waals surface area contributed by atoms with Crippen molar-refractivity contribution in [3.8, 4) is 22.8 Å². The Hall–Kier alpha value is -4.12. The molecule has 0 atom stereocenters. The molecule has 5 aromatic rings. The molecule has 0 saturated carbocycles. The molecule has 12 heteroatoms. The van der Waals surface area contributed by atoms with Gasteiger partial charge < -0.3 is 4.57 Å². The zero-order valence-electron chi connectivity index (χ0n) is 19.9. The molecule has 0 unspecified atom stereocenters. The van der Waals surface area contributed by atoms with Crippen molar-refractivity contribution < 1.29 is 26.3 Å². The number of nitrogens with zero attached hydrogens (tertiary/aromatic N) is 5. The number of rotatable bonds is 6. The van der Waals surface area contributed by atoms with Crippen molar-refractivity contribution in [2.45, 2.75) is 25.4 Å². The topological polar surface area (TPSA) is 48.5 Å². The van der Waals surface area contributed by atoms with E-state index >= 15 is 0 Å². The van der Waals surface area contributed by atoms with Crippen molar-refractivity contribution in [2.75, 3.05) is 0 Å². The summed E-state index contributed by atoms with van der Waals surface area (Å²) in [6.45, 7) is -0.0475. The van der Waals surface area contributed by atoms with Crippen molar-refractivity contribution in [3.63, 3.8) is 0 Å². The number of aromatic nitrogens is 5. The van der Waals surface area contributed by atoms with Gasteiger partial charge in [0.05, 0.1) is 24.2 Å². The lowest BCUT2D eigenvalue weighted by Gasteiger charge is -2.15. The molecular weight excluding hydrogens is 544 g/mol. The van der Waals surface area contributed by atoms with E-state index in [1.165, 1.54) is 4.68 Å². The minimum atomic E-state index is -4.96. The Kier molecular flexibility index (Phi) is 6.94. The van der Waals surface area contributed by atoms with Gasteiger partial charge in [-0.2, -0.15) is 26.3 Å². The van der Waals surface area contributed by atoms with Gasteiger partial charge >= 0.3 is 12.4 Å². The van der Waals surface area contributed by atoms with Gasteiger partial charge in [0.25, 0.3) is 0 Å². The highest BCUT2D eigenvalue weighted by Gasteiger charge is 2.37. The van der Waals surface area contributed by atoms with Gasteiger partial charge in [-0.25, -0.2) is 9.67 Å². The van der Waals surface area contributed by atoms with Crippen LogP contribution in [0.15, 0.2) is 85.2 Å². The first-order valence-electron chi connectivity index (χ1n) is 11.5. The number of benzene rings is 3. The van der Waals surface area contributed by atoms with Crippen molar-refractivity contribution in [1.82, 2.24) is 24.5 Å². The maximum absolute atomic E-state index is 13.4. The van der Waals surface area contributed by atoms with Gasteiger partial charge in [0.15, 0.2) is 11.5 Å². The molecule has 0 N–H and O–H groups in total. The lowest BCUT2D eigenvalue weighted by atomic mass is 10.0. The van der Waals surface area contributed by atoms with Gasteiger partial charge in [0, 0.05) is 23.0 Å². The van der Waals surface area contributed by atoms with Crippen LogP contribution in [0, 0.1) is 0 Å². The summed E-state index contributed by atoms with van der Waals surface area (Å²) in [5, 5.41) is 8.92. The van der Waals surface area contributed by atoms with Crippen molar-refractivity contribution in [1.29, 1.82) is 0 Å².